The molecule has 0 spiro atoms. The summed E-state index contributed by atoms with van der Waals surface area (Å²) < 4.78 is 18.7. The molecule has 0 fully saturated rings. The van der Waals surface area contributed by atoms with Crippen LogP contribution in [-0.4, -0.2) is 22.9 Å². The molecule has 0 saturated carbocycles. The van der Waals surface area contributed by atoms with Gasteiger partial charge in [-0.25, -0.2) is 9.07 Å². The number of H-pyrrole nitrogens is 1. The lowest BCUT2D eigenvalue weighted by Crippen LogP contribution is -2.19. The zero-order valence-corrected chi connectivity index (χ0v) is 10.6. The molecule has 0 atom stereocenters. The van der Waals surface area contributed by atoms with E-state index in [-0.39, 0.29) is 17.8 Å². The second-order valence-corrected chi connectivity index (χ2v) is 4.09. The Kier molecular flexibility index (Phi) is 3.50. The fraction of sp³-hybridized carbons (Fsp3) is 0.231. The van der Waals surface area contributed by atoms with Gasteiger partial charge in [-0.15, -0.1) is 0 Å². The zero-order chi connectivity index (χ0) is 14.0. The number of aromatic nitrogens is 2. The van der Waals surface area contributed by atoms with Crippen molar-refractivity contribution in [3.63, 3.8) is 0 Å². The minimum atomic E-state index is -0.481. The minimum absolute atomic E-state index is 0.0914. The third-order valence-electron chi connectivity index (χ3n) is 2.83. The molecule has 0 saturated heterocycles. The maximum atomic E-state index is 12.8. The lowest BCUT2D eigenvalue weighted by atomic mass is 10.2. The van der Waals surface area contributed by atoms with Gasteiger partial charge in [-0.1, -0.05) is 0 Å². The predicted molar refractivity (Wildman–Crippen MR) is 66.8 cm³/mol. The van der Waals surface area contributed by atoms with Crippen LogP contribution in [0.1, 0.15) is 11.3 Å². The Morgan fingerprint density at radius 2 is 2.00 bits per heavy atom. The predicted octanol–water partition coefficient (Wildman–Crippen LogP) is 1.33. The molecule has 1 aromatic carbocycles. The van der Waals surface area contributed by atoms with Crippen LogP contribution >= 0.6 is 0 Å². The van der Waals surface area contributed by atoms with Gasteiger partial charge in [0.25, 0.3) is 5.56 Å². The fourth-order valence-corrected chi connectivity index (χ4v) is 1.78. The number of carbonyl (C=O) groups is 1. The van der Waals surface area contributed by atoms with E-state index in [1.54, 1.807) is 6.92 Å². The number of nitrogens with zero attached hydrogens (tertiary/aromatic N) is 1. The number of rotatable bonds is 3. The summed E-state index contributed by atoms with van der Waals surface area (Å²) in [5.74, 6) is -0.861. The van der Waals surface area contributed by atoms with Gasteiger partial charge in [0.05, 0.1) is 24.8 Å². The first-order valence-electron chi connectivity index (χ1n) is 5.66. The normalized spacial score (nSPS) is 10.5. The van der Waals surface area contributed by atoms with Crippen molar-refractivity contribution in [2.24, 2.45) is 0 Å². The maximum absolute atomic E-state index is 12.8. The first-order chi connectivity index (χ1) is 9.02. The highest BCUT2D eigenvalue weighted by Gasteiger charge is 2.15. The molecule has 19 heavy (non-hydrogen) atoms. The first-order valence-corrected chi connectivity index (χ1v) is 5.66. The van der Waals surface area contributed by atoms with Gasteiger partial charge in [0, 0.05) is 5.69 Å². The Labute approximate surface area is 108 Å². The molecule has 6 heteroatoms. The number of ether oxygens (including phenoxy) is 1. The van der Waals surface area contributed by atoms with Crippen LogP contribution < -0.4 is 5.56 Å². The molecule has 1 heterocycles. The van der Waals surface area contributed by atoms with Gasteiger partial charge in [-0.3, -0.25) is 14.7 Å². The molecule has 0 bridgehead atoms. The van der Waals surface area contributed by atoms with Crippen molar-refractivity contribution in [2.45, 2.75) is 13.3 Å². The van der Waals surface area contributed by atoms with Crippen LogP contribution in [0, 0.1) is 12.7 Å². The first kappa shape index (κ1) is 13.1. The van der Waals surface area contributed by atoms with E-state index in [0.717, 1.165) is 0 Å². The summed E-state index contributed by atoms with van der Waals surface area (Å²) in [6.45, 7) is 1.69. The quantitative estimate of drug-likeness (QED) is 0.850. The van der Waals surface area contributed by atoms with Crippen LogP contribution in [0.3, 0.4) is 0 Å². The van der Waals surface area contributed by atoms with E-state index < -0.39 is 5.97 Å². The van der Waals surface area contributed by atoms with E-state index in [1.165, 1.54) is 36.1 Å². The molecule has 2 aromatic rings. The highest BCUT2D eigenvalue weighted by Crippen LogP contribution is 2.09. The van der Waals surface area contributed by atoms with Crippen LogP contribution in [0.25, 0.3) is 5.69 Å². The Balaban J connectivity index is 2.44. The summed E-state index contributed by atoms with van der Waals surface area (Å²) in [6, 6.07) is 5.49. The van der Waals surface area contributed by atoms with Gasteiger partial charge in [0.1, 0.15) is 5.82 Å². The molecular weight excluding hydrogens is 251 g/mol. The summed E-state index contributed by atoms with van der Waals surface area (Å²) in [6.07, 6.45) is -0.0914. The van der Waals surface area contributed by atoms with E-state index in [2.05, 4.69) is 9.84 Å². The Morgan fingerprint density at radius 1 is 1.37 bits per heavy atom. The van der Waals surface area contributed by atoms with Gasteiger partial charge in [0.15, 0.2) is 0 Å². The molecule has 1 aromatic heterocycles. The fourth-order valence-electron chi connectivity index (χ4n) is 1.78. The summed E-state index contributed by atoms with van der Waals surface area (Å²) in [5, 5.41) is 2.85. The summed E-state index contributed by atoms with van der Waals surface area (Å²) >= 11 is 0. The third kappa shape index (κ3) is 2.57. The average Bonchev–Trinajstić information content (AvgIpc) is 2.67. The van der Waals surface area contributed by atoms with E-state index in [0.29, 0.717) is 16.9 Å². The van der Waals surface area contributed by atoms with E-state index in [4.69, 9.17) is 0 Å². The summed E-state index contributed by atoms with van der Waals surface area (Å²) in [7, 11) is 1.27. The smallest absolute Gasteiger partial charge is 0.310 e. The van der Waals surface area contributed by atoms with Crippen molar-refractivity contribution >= 4 is 5.97 Å². The lowest BCUT2D eigenvalue weighted by molar-refractivity contribution is -0.139. The number of methoxy groups -OCH3 is 1. The Hall–Kier alpha value is -2.37. The lowest BCUT2D eigenvalue weighted by Gasteiger charge is -2.00. The summed E-state index contributed by atoms with van der Waals surface area (Å²) in [4.78, 5) is 23.4. The van der Waals surface area contributed by atoms with Crippen LogP contribution in [0.2, 0.25) is 0 Å². The Morgan fingerprint density at radius 3 is 2.58 bits per heavy atom. The minimum Gasteiger partial charge on any atom is -0.469 e. The molecule has 0 aliphatic carbocycles. The number of aromatic amines is 1. The van der Waals surface area contributed by atoms with Crippen LogP contribution in [0.4, 0.5) is 4.39 Å². The topological polar surface area (TPSA) is 64.1 Å². The number of nitrogens with one attached hydrogen (secondary N) is 1. The molecule has 0 radical (unpaired) electrons. The highest BCUT2D eigenvalue weighted by molar-refractivity contribution is 5.72. The number of hydrogen-bond acceptors (Lipinski definition) is 3. The monoisotopic (exact) mass is 264 g/mol. The maximum Gasteiger partial charge on any atom is 0.310 e. The van der Waals surface area contributed by atoms with E-state index >= 15 is 0 Å². The molecule has 0 unspecified atom stereocenters. The number of esters is 1. The summed E-state index contributed by atoms with van der Waals surface area (Å²) in [5.41, 5.74) is 1.09. The average molecular weight is 264 g/mol. The molecule has 1 N–H and O–H groups in total. The van der Waals surface area contributed by atoms with Crippen LogP contribution in [-0.2, 0) is 16.0 Å². The zero-order valence-electron chi connectivity index (χ0n) is 10.6. The molecule has 0 amide bonds. The highest BCUT2D eigenvalue weighted by atomic mass is 19.1. The molecule has 0 aliphatic heterocycles. The second-order valence-electron chi connectivity index (χ2n) is 4.09. The van der Waals surface area contributed by atoms with Gasteiger partial charge < -0.3 is 4.74 Å². The van der Waals surface area contributed by atoms with Crippen molar-refractivity contribution < 1.29 is 13.9 Å². The number of hydrogen-bond donors (Lipinski definition) is 1. The second kappa shape index (κ2) is 5.09. The number of benzene rings is 1. The molecule has 100 valence electrons. The molecule has 0 aliphatic rings. The molecular formula is C13H13FN2O3. The largest absolute Gasteiger partial charge is 0.469 e. The third-order valence-corrected chi connectivity index (χ3v) is 2.83. The molecule has 2 rings (SSSR count). The van der Waals surface area contributed by atoms with Gasteiger partial charge >= 0.3 is 5.97 Å². The van der Waals surface area contributed by atoms with Crippen LogP contribution in [0.5, 0.6) is 0 Å². The van der Waals surface area contributed by atoms with Gasteiger partial charge in [-0.2, -0.15) is 0 Å². The van der Waals surface area contributed by atoms with Crippen molar-refractivity contribution in [1.29, 1.82) is 0 Å². The Bertz CT molecular complexity index is 656. The number of aryl methyl sites for hydroxylation is 1. The van der Waals surface area contributed by atoms with Crippen molar-refractivity contribution in [3.05, 3.63) is 51.7 Å². The van der Waals surface area contributed by atoms with Crippen molar-refractivity contribution in [3.8, 4) is 5.69 Å². The SMILES string of the molecule is COC(=O)Cc1c(C)[nH]n(-c2ccc(F)cc2)c1=O. The number of carbonyl (C=O) groups excluding carboxylic acids is 1. The van der Waals surface area contributed by atoms with E-state index in [9.17, 15) is 14.0 Å². The van der Waals surface area contributed by atoms with Crippen LogP contribution in [0.15, 0.2) is 29.1 Å². The van der Waals surface area contributed by atoms with Crippen molar-refractivity contribution in [1.82, 2.24) is 9.78 Å². The van der Waals surface area contributed by atoms with Gasteiger partial charge in [0.2, 0.25) is 0 Å². The van der Waals surface area contributed by atoms with Crippen molar-refractivity contribution in [2.75, 3.05) is 7.11 Å². The standard InChI is InChI=1S/C13H13FN2O3/c1-8-11(7-12(17)19-2)13(18)16(15-8)10-5-3-9(14)4-6-10/h3-6,15H,7H2,1-2H3. The number of halogens is 1. The molecule has 5 nitrogen and oxygen atoms in total. The van der Waals surface area contributed by atoms with Gasteiger partial charge in [-0.05, 0) is 31.2 Å². The van der Waals surface area contributed by atoms with E-state index in [1.807, 2.05) is 0 Å².